The van der Waals surface area contributed by atoms with E-state index < -0.39 is 5.97 Å². The number of anilines is 1. The molecule has 1 saturated carbocycles. The largest absolute Gasteiger partial charge is 0.457 e. The molecule has 16 heavy (non-hydrogen) atoms. The van der Waals surface area contributed by atoms with E-state index in [1.807, 2.05) is 0 Å². The molecule has 0 aliphatic heterocycles. The summed E-state index contributed by atoms with van der Waals surface area (Å²) >= 11 is 0. The Morgan fingerprint density at radius 1 is 1.56 bits per heavy atom. The first-order chi connectivity index (χ1) is 7.68. The molecule has 0 radical (unpaired) electrons. The minimum atomic E-state index is -0.395. The quantitative estimate of drug-likeness (QED) is 0.748. The lowest BCUT2D eigenvalue weighted by molar-refractivity contribution is 0.00431. The van der Waals surface area contributed by atoms with E-state index in [2.05, 4.69) is 17.1 Å². The molecule has 2 unspecified atom stereocenters. The number of hydrogen-bond acceptors (Lipinski definition) is 4. The first kappa shape index (κ1) is 11.0. The molecule has 88 valence electrons. The van der Waals surface area contributed by atoms with Crippen LogP contribution < -0.4 is 5.73 Å². The number of aromatic nitrogens is 2. The molecule has 1 aromatic heterocycles. The summed E-state index contributed by atoms with van der Waals surface area (Å²) in [4.78, 5) is 11.8. The van der Waals surface area contributed by atoms with Gasteiger partial charge >= 0.3 is 5.97 Å². The van der Waals surface area contributed by atoms with Gasteiger partial charge in [-0.3, -0.25) is 5.10 Å². The second-order valence-electron chi connectivity index (χ2n) is 4.41. The van der Waals surface area contributed by atoms with Crippen LogP contribution in [0, 0.1) is 5.92 Å². The smallest absolute Gasteiger partial charge is 0.358 e. The third kappa shape index (κ3) is 2.18. The molecule has 5 nitrogen and oxygen atoms in total. The van der Waals surface area contributed by atoms with Gasteiger partial charge in [0.15, 0.2) is 5.69 Å². The molecule has 0 bridgehead atoms. The highest BCUT2D eigenvalue weighted by Crippen LogP contribution is 2.27. The van der Waals surface area contributed by atoms with Gasteiger partial charge in [0.2, 0.25) is 0 Å². The number of carbonyl (C=O) groups is 1. The van der Waals surface area contributed by atoms with Crippen LogP contribution in [0.2, 0.25) is 0 Å². The first-order valence-electron chi connectivity index (χ1n) is 5.68. The minimum Gasteiger partial charge on any atom is -0.457 e. The molecule has 2 rings (SSSR count). The maximum atomic E-state index is 11.8. The van der Waals surface area contributed by atoms with Crippen molar-refractivity contribution < 1.29 is 9.53 Å². The van der Waals surface area contributed by atoms with Gasteiger partial charge in [-0.1, -0.05) is 13.3 Å². The van der Waals surface area contributed by atoms with Crippen molar-refractivity contribution in [2.45, 2.75) is 38.7 Å². The lowest BCUT2D eigenvalue weighted by Gasteiger charge is -2.28. The van der Waals surface area contributed by atoms with Crippen molar-refractivity contribution in [2.24, 2.45) is 5.92 Å². The van der Waals surface area contributed by atoms with Crippen molar-refractivity contribution in [3.63, 3.8) is 0 Å². The number of H-pyrrole nitrogens is 1. The number of hydrogen-bond donors (Lipinski definition) is 2. The molecule has 1 aliphatic rings. The maximum Gasteiger partial charge on any atom is 0.358 e. The number of nitrogens with one attached hydrogen (secondary N) is 1. The monoisotopic (exact) mass is 223 g/mol. The third-order valence-electron chi connectivity index (χ3n) is 3.16. The lowest BCUT2D eigenvalue weighted by atomic mass is 9.88. The Morgan fingerprint density at radius 3 is 2.94 bits per heavy atom. The van der Waals surface area contributed by atoms with Crippen molar-refractivity contribution in [1.82, 2.24) is 10.2 Å². The van der Waals surface area contributed by atoms with Gasteiger partial charge in [0, 0.05) is 0 Å². The Hall–Kier alpha value is -1.52. The van der Waals surface area contributed by atoms with Crippen LogP contribution >= 0.6 is 0 Å². The fourth-order valence-corrected chi connectivity index (χ4v) is 2.11. The second-order valence-corrected chi connectivity index (χ2v) is 4.41. The Bertz CT molecular complexity index is 375. The number of nitrogens with two attached hydrogens (primary N) is 1. The average Bonchev–Trinajstić information content (AvgIpc) is 2.68. The molecule has 1 fully saturated rings. The minimum absolute atomic E-state index is 0.0175. The highest BCUT2D eigenvalue weighted by Gasteiger charge is 2.26. The fourth-order valence-electron chi connectivity index (χ4n) is 2.11. The normalized spacial score (nSPS) is 25.3. The Balaban J connectivity index is 1.99. The summed E-state index contributed by atoms with van der Waals surface area (Å²) in [6.45, 7) is 2.12. The van der Waals surface area contributed by atoms with Gasteiger partial charge in [0.1, 0.15) is 6.10 Å². The topological polar surface area (TPSA) is 81.0 Å². The third-order valence-corrected chi connectivity index (χ3v) is 3.16. The van der Waals surface area contributed by atoms with Crippen LogP contribution in [0.1, 0.15) is 43.1 Å². The van der Waals surface area contributed by atoms with Gasteiger partial charge in [0.25, 0.3) is 0 Å². The maximum absolute atomic E-state index is 11.8. The van der Waals surface area contributed by atoms with E-state index >= 15 is 0 Å². The van der Waals surface area contributed by atoms with Gasteiger partial charge in [0.05, 0.1) is 11.9 Å². The number of rotatable bonds is 2. The molecule has 0 saturated heterocycles. The molecular formula is C11H17N3O2. The molecule has 0 spiro atoms. The Morgan fingerprint density at radius 2 is 2.31 bits per heavy atom. The number of esters is 1. The molecule has 1 heterocycles. The summed E-state index contributed by atoms with van der Waals surface area (Å²) in [5, 5.41) is 6.26. The zero-order valence-corrected chi connectivity index (χ0v) is 9.40. The molecule has 0 aromatic carbocycles. The van der Waals surface area contributed by atoms with Gasteiger partial charge in [-0.05, 0) is 25.2 Å². The van der Waals surface area contributed by atoms with Gasteiger partial charge < -0.3 is 10.5 Å². The summed E-state index contributed by atoms with van der Waals surface area (Å²) in [5.74, 6) is 0.0376. The first-order valence-corrected chi connectivity index (χ1v) is 5.68. The van der Waals surface area contributed by atoms with Crippen LogP contribution in [0.5, 0.6) is 0 Å². The molecule has 3 N–H and O–H groups in total. The summed E-state index contributed by atoms with van der Waals surface area (Å²) in [7, 11) is 0. The molecule has 1 aromatic rings. The zero-order valence-electron chi connectivity index (χ0n) is 9.40. The highest BCUT2D eigenvalue weighted by molar-refractivity contribution is 5.92. The van der Waals surface area contributed by atoms with Crippen molar-refractivity contribution >= 4 is 11.7 Å². The molecule has 1 aliphatic carbocycles. The van der Waals surface area contributed by atoms with Gasteiger partial charge in [-0.25, -0.2) is 4.79 Å². The summed E-state index contributed by atoms with van der Waals surface area (Å²) in [5.41, 5.74) is 6.19. The van der Waals surface area contributed by atoms with Crippen LogP contribution in [0.3, 0.4) is 0 Å². The van der Waals surface area contributed by atoms with Crippen LogP contribution in [-0.4, -0.2) is 22.3 Å². The molecule has 0 amide bonds. The van der Waals surface area contributed by atoms with Crippen molar-refractivity contribution in [2.75, 3.05) is 5.73 Å². The molecular weight excluding hydrogens is 206 g/mol. The predicted octanol–water partition coefficient (Wildman–Crippen LogP) is 1.73. The van der Waals surface area contributed by atoms with Crippen LogP contribution in [0.15, 0.2) is 6.20 Å². The van der Waals surface area contributed by atoms with E-state index in [-0.39, 0.29) is 11.8 Å². The fraction of sp³-hybridized carbons (Fsp3) is 0.636. The van der Waals surface area contributed by atoms with E-state index in [0.29, 0.717) is 11.6 Å². The number of nitrogen functional groups attached to an aromatic ring is 1. The van der Waals surface area contributed by atoms with Crippen molar-refractivity contribution in [3.05, 3.63) is 11.9 Å². The van der Waals surface area contributed by atoms with Crippen molar-refractivity contribution in [3.8, 4) is 0 Å². The Kier molecular flexibility index (Phi) is 3.12. The SMILES string of the molecule is CC1CCCCC1OC(=O)c1[nH]ncc1N. The number of aromatic amines is 1. The van der Waals surface area contributed by atoms with Gasteiger partial charge in [-0.15, -0.1) is 0 Å². The van der Waals surface area contributed by atoms with Crippen LogP contribution in [0.4, 0.5) is 5.69 Å². The predicted molar refractivity (Wildman–Crippen MR) is 59.8 cm³/mol. The van der Waals surface area contributed by atoms with E-state index in [1.165, 1.54) is 12.6 Å². The number of ether oxygens (including phenoxy) is 1. The number of carbonyl (C=O) groups excluding carboxylic acids is 1. The van der Waals surface area contributed by atoms with Gasteiger partial charge in [-0.2, -0.15) is 5.10 Å². The highest BCUT2D eigenvalue weighted by atomic mass is 16.5. The molecule has 2 atom stereocenters. The average molecular weight is 223 g/mol. The number of nitrogens with zero attached hydrogens (tertiary/aromatic N) is 1. The van der Waals surface area contributed by atoms with E-state index in [1.54, 1.807) is 0 Å². The van der Waals surface area contributed by atoms with Crippen LogP contribution in [-0.2, 0) is 4.74 Å². The van der Waals surface area contributed by atoms with E-state index in [0.717, 1.165) is 19.3 Å². The summed E-state index contributed by atoms with van der Waals surface area (Å²) in [6.07, 6.45) is 5.85. The lowest BCUT2D eigenvalue weighted by Crippen LogP contribution is -2.28. The second kappa shape index (κ2) is 4.55. The summed E-state index contributed by atoms with van der Waals surface area (Å²) < 4.78 is 5.44. The molecule has 5 heteroatoms. The van der Waals surface area contributed by atoms with E-state index in [9.17, 15) is 4.79 Å². The summed E-state index contributed by atoms with van der Waals surface area (Å²) in [6, 6.07) is 0. The van der Waals surface area contributed by atoms with Crippen LogP contribution in [0.25, 0.3) is 0 Å². The van der Waals surface area contributed by atoms with E-state index in [4.69, 9.17) is 10.5 Å². The Labute approximate surface area is 94.4 Å². The standard InChI is InChI=1S/C11H17N3O2/c1-7-4-2-3-5-9(7)16-11(15)10-8(12)6-13-14-10/h6-7,9H,2-5,12H2,1H3,(H,13,14). The van der Waals surface area contributed by atoms with Crippen molar-refractivity contribution in [1.29, 1.82) is 0 Å². The zero-order chi connectivity index (χ0) is 11.5.